The molecule has 0 aromatic heterocycles. The molecular weight excluding hydrogens is 508 g/mol. The SMILES string of the molecule is CCC1CC(C2(C3CC(CC)C(OCCO)C(CC)C3)c3ccccc3-c3ccccc32)CC(CC)C1OCCO. The van der Waals surface area contributed by atoms with E-state index in [-0.39, 0.29) is 30.8 Å². The second kappa shape index (κ2) is 13.7. The van der Waals surface area contributed by atoms with Crippen molar-refractivity contribution >= 4 is 0 Å². The zero-order valence-electron chi connectivity index (χ0n) is 25.9. The van der Waals surface area contributed by atoms with E-state index in [1.807, 2.05) is 0 Å². The number of hydrogen-bond donors (Lipinski definition) is 2. The Morgan fingerprint density at radius 3 is 1.24 bits per heavy atom. The van der Waals surface area contributed by atoms with E-state index in [0.717, 1.165) is 25.7 Å². The number of aliphatic hydroxyl groups excluding tert-OH is 2. The molecule has 2 N–H and O–H groups in total. The summed E-state index contributed by atoms with van der Waals surface area (Å²) < 4.78 is 12.8. The van der Waals surface area contributed by atoms with Gasteiger partial charge in [-0.2, -0.15) is 0 Å². The number of benzene rings is 2. The predicted molar refractivity (Wildman–Crippen MR) is 167 cm³/mol. The molecule has 3 aliphatic carbocycles. The normalized spacial score (nSPS) is 32.4. The summed E-state index contributed by atoms with van der Waals surface area (Å²) in [6.07, 6.45) is 9.57. The maximum atomic E-state index is 9.59. The summed E-state index contributed by atoms with van der Waals surface area (Å²) in [5.41, 5.74) is 5.94. The average molecular weight is 563 g/mol. The molecular formula is C37H54O4. The third kappa shape index (κ3) is 5.44. The van der Waals surface area contributed by atoms with Crippen LogP contribution in [0.1, 0.15) is 90.2 Å². The second-order valence-electron chi connectivity index (χ2n) is 13.1. The molecule has 0 amide bonds. The predicted octanol–water partition coefficient (Wildman–Crippen LogP) is 7.63. The van der Waals surface area contributed by atoms with Crippen LogP contribution in [0.3, 0.4) is 0 Å². The van der Waals surface area contributed by atoms with Crippen LogP contribution in [-0.2, 0) is 14.9 Å². The minimum atomic E-state index is -0.0290. The third-order valence-electron chi connectivity index (χ3n) is 11.4. The van der Waals surface area contributed by atoms with Gasteiger partial charge in [0.2, 0.25) is 0 Å². The van der Waals surface area contributed by atoms with Crippen molar-refractivity contribution in [2.24, 2.45) is 35.5 Å². The van der Waals surface area contributed by atoms with E-state index in [4.69, 9.17) is 9.47 Å². The summed E-state index contributed by atoms with van der Waals surface area (Å²) in [6, 6.07) is 18.6. The Bertz CT molecular complexity index is 998. The summed E-state index contributed by atoms with van der Waals surface area (Å²) in [7, 11) is 0. The molecule has 0 radical (unpaired) electrons. The molecule has 4 atom stereocenters. The van der Waals surface area contributed by atoms with Crippen LogP contribution in [0.5, 0.6) is 0 Å². The lowest BCUT2D eigenvalue weighted by atomic mass is 9.50. The first-order valence-corrected chi connectivity index (χ1v) is 16.7. The number of hydrogen-bond acceptors (Lipinski definition) is 4. The van der Waals surface area contributed by atoms with Gasteiger partial charge in [-0.25, -0.2) is 0 Å². The van der Waals surface area contributed by atoms with Gasteiger partial charge in [-0.1, -0.05) is 102 Å². The summed E-state index contributed by atoms with van der Waals surface area (Å²) in [4.78, 5) is 0. The Labute approximate surface area is 248 Å². The van der Waals surface area contributed by atoms with E-state index in [1.165, 1.54) is 36.8 Å². The largest absolute Gasteiger partial charge is 0.394 e. The highest BCUT2D eigenvalue weighted by molar-refractivity contribution is 5.81. The highest BCUT2D eigenvalue weighted by atomic mass is 16.5. The molecule has 0 bridgehead atoms. The Morgan fingerprint density at radius 1 is 0.585 bits per heavy atom. The Hall–Kier alpha value is -1.72. The number of ether oxygens (including phenoxy) is 2. The molecule has 4 unspecified atom stereocenters. The molecule has 2 saturated carbocycles. The van der Waals surface area contributed by atoms with Gasteiger partial charge >= 0.3 is 0 Å². The van der Waals surface area contributed by atoms with E-state index < -0.39 is 0 Å². The van der Waals surface area contributed by atoms with Crippen LogP contribution in [0.25, 0.3) is 11.1 Å². The van der Waals surface area contributed by atoms with Gasteiger partial charge in [-0.3, -0.25) is 0 Å². The van der Waals surface area contributed by atoms with Crippen molar-refractivity contribution in [3.05, 3.63) is 59.7 Å². The topological polar surface area (TPSA) is 58.9 Å². The van der Waals surface area contributed by atoms with E-state index >= 15 is 0 Å². The Kier molecular flexibility index (Phi) is 10.3. The van der Waals surface area contributed by atoms with Crippen LogP contribution in [0.2, 0.25) is 0 Å². The van der Waals surface area contributed by atoms with Crippen molar-refractivity contribution in [3.63, 3.8) is 0 Å². The van der Waals surface area contributed by atoms with Gasteiger partial charge in [-0.05, 0) is 83.4 Å². The first kappa shape index (κ1) is 30.7. The fourth-order valence-corrected chi connectivity index (χ4v) is 9.74. The second-order valence-corrected chi connectivity index (χ2v) is 13.1. The van der Waals surface area contributed by atoms with Crippen LogP contribution >= 0.6 is 0 Å². The number of fused-ring (bicyclic) bond motifs is 3. The zero-order valence-corrected chi connectivity index (χ0v) is 25.9. The lowest BCUT2D eigenvalue weighted by molar-refractivity contribution is -0.101. The summed E-state index contributed by atoms with van der Waals surface area (Å²) in [5.74, 6) is 3.05. The van der Waals surface area contributed by atoms with Gasteiger partial charge < -0.3 is 19.7 Å². The van der Waals surface area contributed by atoms with Crippen molar-refractivity contribution in [2.75, 3.05) is 26.4 Å². The van der Waals surface area contributed by atoms with Gasteiger partial charge in [0.1, 0.15) is 0 Å². The number of rotatable bonds is 12. The summed E-state index contributed by atoms with van der Waals surface area (Å²) >= 11 is 0. The molecule has 2 fully saturated rings. The van der Waals surface area contributed by atoms with Gasteiger partial charge in [-0.15, -0.1) is 0 Å². The highest BCUT2D eigenvalue weighted by Gasteiger charge is 2.58. The average Bonchev–Trinajstić information content (AvgIpc) is 3.33. The first-order valence-electron chi connectivity index (χ1n) is 16.7. The van der Waals surface area contributed by atoms with Crippen LogP contribution in [0.15, 0.2) is 48.5 Å². The number of aliphatic hydroxyl groups is 2. The van der Waals surface area contributed by atoms with E-state index in [0.29, 0.717) is 48.7 Å². The molecule has 41 heavy (non-hydrogen) atoms. The van der Waals surface area contributed by atoms with E-state index in [1.54, 1.807) is 11.1 Å². The van der Waals surface area contributed by atoms with Gasteiger partial charge in [0.25, 0.3) is 0 Å². The zero-order chi connectivity index (χ0) is 29.0. The minimum absolute atomic E-state index is 0.0290. The molecule has 3 aliphatic rings. The maximum Gasteiger partial charge on any atom is 0.0701 e. The van der Waals surface area contributed by atoms with Crippen molar-refractivity contribution in [2.45, 2.75) is 96.7 Å². The van der Waals surface area contributed by atoms with Crippen LogP contribution in [0.4, 0.5) is 0 Å². The molecule has 4 heteroatoms. The molecule has 0 spiro atoms. The molecule has 2 aromatic rings. The van der Waals surface area contributed by atoms with Crippen LogP contribution in [0, 0.1) is 35.5 Å². The smallest absolute Gasteiger partial charge is 0.0701 e. The lowest BCUT2D eigenvalue weighted by Gasteiger charge is -2.55. The quantitative estimate of drug-likeness (QED) is 0.279. The lowest BCUT2D eigenvalue weighted by Crippen LogP contribution is -2.53. The van der Waals surface area contributed by atoms with Crippen molar-refractivity contribution in [1.29, 1.82) is 0 Å². The van der Waals surface area contributed by atoms with Crippen molar-refractivity contribution < 1.29 is 19.7 Å². The minimum Gasteiger partial charge on any atom is -0.394 e. The monoisotopic (exact) mass is 562 g/mol. The molecule has 0 saturated heterocycles. The highest BCUT2D eigenvalue weighted by Crippen LogP contribution is 2.64. The molecule has 226 valence electrons. The third-order valence-corrected chi connectivity index (χ3v) is 11.4. The fourth-order valence-electron chi connectivity index (χ4n) is 9.74. The first-order chi connectivity index (χ1) is 20.1. The molecule has 0 heterocycles. The van der Waals surface area contributed by atoms with Crippen LogP contribution in [-0.4, -0.2) is 48.8 Å². The Balaban J connectivity index is 1.65. The van der Waals surface area contributed by atoms with Crippen molar-refractivity contribution in [1.82, 2.24) is 0 Å². The molecule has 4 nitrogen and oxygen atoms in total. The van der Waals surface area contributed by atoms with E-state index in [2.05, 4.69) is 76.2 Å². The standard InChI is InChI=1S/C37H54O4/c1-5-25-21-29(22-26(6-2)35(25)40-19-17-38)37(30-23-27(7-3)36(41-20-18-39)28(8-4)24-30)33-15-11-9-13-31(33)32-14-10-12-16-34(32)37/h9-16,25-30,35-36,38-39H,5-8,17-24H2,1-4H3. The fraction of sp³-hybridized carbons (Fsp3) is 0.676. The molecule has 5 rings (SSSR count). The van der Waals surface area contributed by atoms with Crippen LogP contribution < -0.4 is 0 Å². The maximum absolute atomic E-state index is 9.59. The summed E-state index contributed by atoms with van der Waals surface area (Å²) in [5, 5.41) is 19.2. The summed E-state index contributed by atoms with van der Waals surface area (Å²) in [6.45, 7) is 10.4. The van der Waals surface area contributed by atoms with Crippen molar-refractivity contribution in [3.8, 4) is 11.1 Å². The van der Waals surface area contributed by atoms with Gasteiger partial charge in [0, 0.05) is 5.41 Å². The Morgan fingerprint density at radius 2 is 0.927 bits per heavy atom. The van der Waals surface area contributed by atoms with Gasteiger partial charge in [0.15, 0.2) is 0 Å². The van der Waals surface area contributed by atoms with E-state index in [9.17, 15) is 10.2 Å². The molecule has 0 aliphatic heterocycles. The molecule has 2 aromatic carbocycles. The van der Waals surface area contributed by atoms with Gasteiger partial charge in [0.05, 0.1) is 38.6 Å².